The molecule has 0 atom stereocenters. The summed E-state index contributed by atoms with van der Waals surface area (Å²) in [5.74, 6) is 0.944. The molecule has 0 bridgehead atoms. The Balaban J connectivity index is 1.83. The Hall–Kier alpha value is -1.33. The fourth-order valence-corrected chi connectivity index (χ4v) is 2.19. The fourth-order valence-electron chi connectivity index (χ4n) is 2.19. The lowest BCUT2D eigenvalue weighted by Gasteiger charge is -2.20. The first-order valence-electron chi connectivity index (χ1n) is 6.47. The van der Waals surface area contributed by atoms with Crippen molar-refractivity contribution < 1.29 is 9.21 Å². The Bertz CT molecular complexity index is 397. The lowest BCUT2D eigenvalue weighted by Crippen LogP contribution is -2.35. The van der Waals surface area contributed by atoms with Gasteiger partial charge in [0, 0.05) is 20.1 Å². The number of carbonyl (C=O) groups is 1. The third kappa shape index (κ3) is 3.11. The number of nitrogens with zero attached hydrogens (tertiary/aromatic N) is 2. The summed E-state index contributed by atoms with van der Waals surface area (Å²) in [4.78, 5) is 16.1. The van der Waals surface area contributed by atoms with Crippen LogP contribution in [-0.2, 0) is 6.54 Å². The van der Waals surface area contributed by atoms with E-state index in [9.17, 15) is 4.79 Å². The molecule has 0 unspecified atom stereocenters. The maximum atomic E-state index is 12.1. The van der Waals surface area contributed by atoms with Gasteiger partial charge in [-0.2, -0.15) is 0 Å². The first kappa shape index (κ1) is 13.1. The standard InChI is InChI=1S/C13H21N3O2/c1-15(8-9-16-6-2-3-7-16)13(17)12-5-4-11(10-14)18-12/h4-5H,2-3,6-10,14H2,1H3. The van der Waals surface area contributed by atoms with Crippen molar-refractivity contribution in [2.45, 2.75) is 19.4 Å². The fraction of sp³-hybridized carbons (Fsp3) is 0.615. The van der Waals surface area contributed by atoms with E-state index in [0.29, 0.717) is 18.1 Å². The molecular formula is C13H21N3O2. The zero-order valence-electron chi connectivity index (χ0n) is 10.9. The highest BCUT2D eigenvalue weighted by atomic mass is 16.4. The van der Waals surface area contributed by atoms with Crippen molar-refractivity contribution in [1.82, 2.24) is 9.80 Å². The molecule has 5 heteroatoms. The average Bonchev–Trinajstić information content (AvgIpc) is 3.05. The van der Waals surface area contributed by atoms with Crippen LogP contribution in [0.3, 0.4) is 0 Å². The van der Waals surface area contributed by atoms with E-state index in [1.54, 1.807) is 17.0 Å². The van der Waals surface area contributed by atoms with Crippen LogP contribution in [0.2, 0.25) is 0 Å². The van der Waals surface area contributed by atoms with Gasteiger partial charge < -0.3 is 20.0 Å². The van der Waals surface area contributed by atoms with Crippen molar-refractivity contribution in [3.05, 3.63) is 23.7 Å². The minimum atomic E-state index is -0.0751. The Morgan fingerprint density at radius 1 is 1.44 bits per heavy atom. The number of hydrogen-bond donors (Lipinski definition) is 1. The monoisotopic (exact) mass is 251 g/mol. The molecule has 0 saturated carbocycles. The van der Waals surface area contributed by atoms with Gasteiger partial charge in [-0.1, -0.05) is 0 Å². The zero-order chi connectivity index (χ0) is 13.0. The van der Waals surface area contributed by atoms with Crippen LogP contribution in [0.15, 0.2) is 16.5 Å². The topological polar surface area (TPSA) is 62.7 Å². The van der Waals surface area contributed by atoms with Crippen LogP contribution < -0.4 is 5.73 Å². The van der Waals surface area contributed by atoms with Crippen molar-refractivity contribution in [3.8, 4) is 0 Å². The van der Waals surface area contributed by atoms with Crippen LogP contribution in [-0.4, -0.2) is 48.9 Å². The third-order valence-corrected chi connectivity index (χ3v) is 3.37. The molecule has 1 aliphatic heterocycles. The predicted octanol–water partition coefficient (Wildman–Crippen LogP) is 0.906. The molecule has 2 heterocycles. The molecule has 1 aromatic heterocycles. The third-order valence-electron chi connectivity index (χ3n) is 3.37. The largest absolute Gasteiger partial charge is 0.455 e. The quantitative estimate of drug-likeness (QED) is 0.844. The molecule has 0 spiro atoms. The van der Waals surface area contributed by atoms with Crippen LogP contribution in [0.4, 0.5) is 0 Å². The van der Waals surface area contributed by atoms with Crippen molar-refractivity contribution in [3.63, 3.8) is 0 Å². The van der Waals surface area contributed by atoms with Crippen LogP contribution in [0.25, 0.3) is 0 Å². The molecule has 0 aliphatic carbocycles. The van der Waals surface area contributed by atoms with Gasteiger partial charge in [0.05, 0.1) is 6.54 Å². The van der Waals surface area contributed by atoms with Crippen molar-refractivity contribution >= 4 is 5.91 Å². The molecule has 1 aliphatic rings. The Kier molecular flexibility index (Phi) is 4.38. The molecule has 1 fully saturated rings. The maximum absolute atomic E-state index is 12.1. The summed E-state index contributed by atoms with van der Waals surface area (Å²) in [5.41, 5.74) is 5.46. The molecule has 100 valence electrons. The van der Waals surface area contributed by atoms with Gasteiger partial charge >= 0.3 is 0 Å². The van der Waals surface area contributed by atoms with E-state index in [2.05, 4.69) is 4.90 Å². The number of nitrogens with two attached hydrogens (primary N) is 1. The normalized spacial score (nSPS) is 16.1. The minimum Gasteiger partial charge on any atom is -0.455 e. The second-order valence-corrected chi connectivity index (χ2v) is 4.75. The van der Waals surface area contributed by atoms with Crippen LogP contribution in [0.1, 0.15) is 29.2 Å². The van der Waals surface area contributed by atoms with E-state index < -0.39 is 0 Å². The number of rotatable bonds is 5. The molecular weight excluding hydrogens is 230 g/mol. The first-order chi connectivity index (χ1) is 8.70. The molecule has 0 aromatic carbocycles. The first-order valence-corrected chi connectivity index (χ1v) is 6.47. The number of likely N-dealkylation sites (tertiary alicyclic amines) is 1. The van der Waals surface area contributed by atoms with Crippen LogP contribution in [0, 0.1) is 0 Å². The predicted molar refractivity (Wildman–Crippen MR) is 69.2 cm³/mol. The highest BCUT2D eigenvalue weighted by Crippen LogP contribution is 2.10. The van der Waals surface area contributed by atoms with Gasteiger partial charge in [0.2, 0.25) is 0 Å². The highest BCUT2D eigenvalue weighted by molar-refractivity contribution is 5.91. The SMILES string of the molecule is CN(CCN1CCCC1)C(=O)c1ccc(CN)o1. The van der Waals surface area contributed by atoms with Crippen LogP contribution >= 0.6 is 0 Å². The molecule has 2 rings (SSSR count). The van der Waals surface area contributed by atoms with E-state index in [-0.39, 0.29) is 5.91 Å². The number of furan rings is 1. The van der Waals surface area contributed by atoms with Crippen LogP contribution in [0.5, 0.6) is 0 Å². The summed E-state index contributed by atoms with van der Waals surface area (Å²) in [7, 11) is 1.81. The van der Waals surface area contributed by atoms with Gasteiger partial charge in [-0.3, -0.25) is 4.79 Å². The van der Waals surface area contributed by atoms with E-state index >= 15 is 0 Å². The smallest absolute Gasteiger partial charge is 0.289 e. The van der Waals surface area contributed by atoms with Crippen molar-refractivity contribution in [2.24, 2.45) is 5.73 Å². The molecule has 0 radical (unpaired) electrons. The summed E-state index contributed by atoms with van der Waals surface area (Å²) in [6.45, 7) is 4.30. The molecule has 18 heavy (non-hydrogen) atoms. The molecule has 5 nitrogen and oxygen atoms in total. The summed E-state index contributed by atoms with van der Waals surface area (Å²) >= 11 is 0. The second-order valence-electron chi connectivity index (χ2n) is 4.75. The van der Waals surface area contributed by atoms with Gasteiger partial charge in [-0.15, -0.1) is 0 Å². The molecule has 1 amide bonds. The number of likely N-dealkylation sites (N-methyl/N-ethyl adjacent to an activating group) is 1. The number of amides is 1. The maximum Gasteiger partial charge on any atom is 0.289 e. The van der Waals surface area contributed by atoms with E-state index in [1.165, 1.54) is 12.8 Å². The van der Waals surface area contributed by atoms with Gasteiger partial charge in [0.15, 0.2) is 5.76 Å². The lowest BCUT2D eigenvalue weighted by atomic mass is 10.3. The molecule has 1 saturated heterocycles. The molecule has 2 N–H and O–H groups in total. The zero-order valence-corrected chi connectivity index (χ0v) is 10.9. The van der Waals surface area contributed by atoms with Gasteiger partial charge in [-0.25, -0.2) is 0 Å². The van der Waals surface area contributed by atoms with Gasteiger partial charge in [0.1, 0.15) is 5.76 Å². The van der Waals surface area contributed by atoms with E-state index in [1.807, 2.05) is 7.05 Å². The average molecular weight is 251 g/mol. The highest BCUT2D eigenvalue weighted by Gasteiger charge is 2.17. The van der Waals surface area contributed by atoms with Crippen molar-refractivity contribution in [1.29, 1.82) is 0 Å². The van der Waals surface area contributed by atoms with Crippen molar-refractivity contribution in [2.75, 3.05) is 33.2 Å². The Morgan fingerprint density at radius 3 is 2.78 bits per heavy atom. The van der Waals surface area contributed by atoms with E-state index in [0.717, 1.165) is 26.2 Å². The summed E-state index contributed by atoms with van der Waals surface area (Å²) in [6.07, 6.45) is 2.55. The summed E-state index contributed by atoms with van der Waals surface area (Å²) < 4.78 is 5.36. The summed E-state index contributed by atoms with van der Waals surface area (Å²) in [5, 5.41) is 0. The Labute approximate surface area is 108 Å². The minimum absolute atomic E-state index is 0.0751. The van der Waals surface area contributed by atoms with Gasteiger partial charge in [-0.05, 0) is 38.1 Å². The van der Waals surface area contributed by atoms with E-state index in [4.69, 9.17) is 10.2 Å². The second kappa shape index (κ2) is 6.02. The number of carbonyl (C=O) groups excluding carboxylic acids is 1. The molecule has 1 aromatic rings. The summed E-state index contributed by atoms with van der Waals surface area (Å²) in [6, 6.07) is 3.44. The lowest BCUT2D eigenvalue weighted by molar-refractivity contribution is 0.0749. The Morgan fingerprint density at radius 2 is 2.17 bits per heavy atom. The van der Waals surface area contributed by atoms with Gasteiger partial charge in [0.25, 0.3) is 5.91 Å². The number of hydrogen-bond acceptors (Lipinski definition) is 4.